The molecule has 3 heterocycles. The number of nitrogens with one attached hydrogen (secondary N) is 1. The molecule has 42 heavy (non-hydrogen) atoms. The summed E-state index contributed by atoms with van der Waals surface area (Å²) in [4.78, 5) is 35.1. The van der Waals surface area contributed by atoms with E-state index in [2.05, 4.69) is 10.3 Å². The number of carbonyl (C=O) groups is 1. The normalized spacial score (nSPS) is 23.9. The number of benzene rings is 2. The van der Waals surface area contributed by atoms with Crippen molar-refractivity contribution in [3.8, 4) is 11.3 Å². The third-order valence-electron chi connectivity index (χ3n) is 9.54. The monoisotopic (exact) mass is 577 g/mol. The van der Waals surface area contributed by atoms with Crippen molar-refractivity contribution in [2.75, 3.05) is 32.7 Å². The average molecular weight is 578 g/mol. The zero-order valence-electron chi connectivity index (χ0n) is 23.9. The number of aromatic nitrogens is 2. The Morgan fingerprint density at radius 3 is 2.67 bits per heavy atom. The molecule has 2 aliphatic heterocycles. The molecule has 2 aromatic carbocycles. The number of amides is 2. The van der Waals surface area contributed by atoms with E-state index in [0.717, 1.165) is 55.0 Å². The van der Waals surface area contributed by atoms with E-state index in [1.54, 1.807) is 9.80 Å². The van der Waals surface area contributed by atoms with Crippen LogP contribution in [0.2, 0.25) is 0 Å². The molecule has 2 saturated heterocycles. The van der Waals surface area contributed by atoms with Gasteiger partial charge in [-0.2, -0.15) is 0 Å². The third-order valence-corrected chi connectivity index (χ3v) is 9.54. The van der Waals surface area contributed by atoms with E-state index in [9.17, 15) is 23.5 Å². The van der Waals surface area contributed by atoms with E-state index in [0.29, 0.717) is 44.8 Å². The number of hydrogen-bond acceptors (Lipinski definition) is 5. The SMILES string of the molecule is Cc1cccc(-c2cc(=O)n(CC3(O)CCN(C(=O)N4CCNC[C@H]4c4cc(F)ccc4F)CC34CCCC4)cn2)c1. The van der Waals surface area contributed by atoms with Crippen LogP contribution in [0.15, 0.2) is 59.7 Å². The first kappa shape index (κ1) is 28.5. The smallest absolute Gasteiger partial charge is 0.320 e. The van der Waals surface area contributed by atoms with Crippen molar-refractivity contribution in [1.29, 1.82) is 0 Å². The summed E-state index contributed by atoms with van der Waals surface area (Å²) < 4.78 is 30.3. The van der Waals surface area contributed by atoms with E-state index >= 15 is 0 Å². The number of piperazine rings is 1. The Bertz CT molecular complexity index is 1540. The second-order valence-electron chi connectivity index (χ2n) is 12.2. The molecule has 2 amide bonds. The fourth-order valence-corrected chi connectivity index (χ4v) is 7.21. The molecule has 3 aromatic rings. The lowest BCUT2D eigenvalue weighted by Gasteiger charge is -2.53. The Morgan fingerprint density at radius 2 is 1.90 bits per heavy atom. The molecule has 3 fully saturated rings. The van der Waals surface area contributed by atoms with Gasteiger partial charge in [-0.25, -0.2) is 18.6 Å². The number of halogens is 2. The summed E-state index contributed by atoms with van der Waals surface area (Å²) in [5.74, 6) is -1.09. The number of urea groups is 1. The summed E-state index contributed by atoms with van der Waals surface area (Å²) >= 11 is 0. The highest BCUT2D eigenvalue weighted by Gasteiger charge is 2.56. The maximum absolute atomic E-state index is 14.7. The van der Waals surface area contributed by atoms with Gasteiger partial charge in [-0.1, -0.05) is 36.6 Å². The molecular formula is C32H37F2N5O3. The van der Waals surface area contributed by atoms with Gasteiger partial charge in [0.2, 0.25) is 0 Å². The maximum atomic E-state index is 14.7. The first-order valence-corrected chi connectivity index (χ1v) is 14.8. The van der Waals surface area contributed by atoms with Crippen LogP contribution in [0.5, 0.6) is 0 Å². The molecular weight excluding hydrogens is 540 g/mol. The summed E-state index contributed by atoms with van der Waals surface area (Å²) in [7, 11) is 0. The summed E-state index contributed by atoms with van der Waals surface area (Å²) in [6.45, 7) is 3.96. The zero-order chi connectivity index (χ0) is 29.5. The number of carbonyl (C=O) groups excluding carboxylic acids is 1. The Balaban J connectivity index is 1.23. The van der Waals surface area contributed by atoms with E-state index in [4.69, 9.17) is 0 Å². The molecule has 8 nitrogen and oxygen atoms in total. The number of aliphatic hydroxyl groups is 1. The molecule has 1 aliphatic carbocycles. The zero-order valence-corrected chi connectivity index (χ0v) is 23.9. The standard InChI is InChI=1S/C32H37F2N5O3/c1-22-5-4-6-23(15-22)27-17-29(40)38(21-36-27)20-32(42)11-13-37(19-31(32)9-2-3-10-31)30(41)39-14-12-35-18-28(39)25-16-24(33)7-8-26(25)34/h4-8,15-17,21,28,35,42H,2-3,9-14,18-20H2,1H3/t28-,32?/m0/s1. The molecule has 1 spiro atoms. The largest absolute Gasteiger partial charge is 0.387 e. The molecule has 10 heteroatoms. The Kier molecular flexibility index (Phi) is 7.61. The minimum Gasteiger partial charge on any atom is -0.387 e. The lowest BCUT2D eigenvalue weighted by molar-refractivity contribution is -0.137. The van der Waals surface area contributed by atoms with Crippen molar-refractivity contribution in [2.24, 2.45) is 5.41 Å². The fourth-order valence-electron chi connectivity index (χ4n) is 7.21. The number of piperidine rings is 1. The van der Waals surface area contributed by atoms with Crippen LogP contribution in [0.4, 0.5) is 13.6 Å². The molecule has 222 valence electrons. The van der Waals surface area contributed by atoms with Gasteiger partial charge >= 0.3 is 6.03 Å². The van der Waals surface area contributed by atoms with Gasteiger partial charge in [0.25, 0.3) is 5.56 Å². The van der Waals surface area contributed by atoms with Gasteiger partial charge in [-0.15, -0.1) is 0 Å². The summed E-state index contributed by atoms with van der Waals surface area (Å²) in [6.07, 6.45) is 5.14. The minimum atomic E-state index is -1.20. The number of likely N-dealkylation sites (tertiary alicyclic amines) is 1. The molecule has 6 rings (SSSR count). The minimum absolute atomic E-state index is 0.0969. The maximum Gasteiger partial charge on any atom is 0.320 e. The van der Waals surface area contributed by atoms with Crippen molar-refractivity contribution < 1.29 is 18.7 Å². The Morgan fingerprint density at radius 1 is 1.10 bits per heavy atom. The van der Waals surface area contributed by atoms with Crippen LogP contribution in [0.3, 0.4) is 0 Å². The topological polar surface area (TPSA) is 90.7 Å². The van der Waals surface area contributed by atoms with E-state index in [1.807, 2.05) is 31.2 Å². The first-order valence-electron chi connectivity index (χ1n) is 14.8. The molecule has 2 atom stereocenters. The van der Waals surface area contributed by atoms with Gasteiger partial charge < -0.3 is 20.2 Å². The number of rotatable bonds is 4. The van der Waals surface area contributed by atoms with Crippen molar-refractivity contribution in [2.45, 2.75) is 57.2 Å². The highest BCUT2D eigenvalue weighted by atomic mass is 19.1. The van der Waals surface area contributed by atoms with Crippen molar-refractivity contribution in [3.63, 3.8) is 0 Å². The van der Waals surface area contributed by atoms with Gasteiger partial charge in [0, 0.05) is 55.3 Å². The second kappa shape index (κ2) is 11.2. The van der Waals surface area contributed by atoms with Crippen molar-refractivity contribution in [3.05, 3.63) is 88.0 Å². The van der Waals surface area contributed by atoms with Crippen molar-refractivity contribution in [1.82, 2.24) is 24.7 Å². The summed E-state index contributed by atoms with van der Waals surface area (Å²) in [5.41, 5.74) is 0.662. The van der Waals surface area contributed by atoms with Crippen LogP contribution < -0.4 is 10.9 Å². The fraction of sp³-hybridized carbons (Fsp3) is 0.469. The molecule has 1 unspecified atom stereocenters. The summed E-state index contributed by atoms with van der Waals surface area (Å²) in [5, 5.41) is 15.4. The van der Waals surface area contributed by atoms with Crippen LogP contribution in [-0.4, -0.2) is 68.8 Å². The van der Waals surface area contributed by atoms with Crippen LogP contribution in [0.1, 0.15) is 49.3 Å². The summed E-state index contributed by atoms with van der Waals surface area (Å²) in [6, 6.07) is 11.8. The molecule has 0 bridgehead atoms. The highest BCUT2D eigenvalue weighted by Crippen LogP contribution is 2.52. The van der Waals surface area contributed by atoms with Crippen LogP contribution in [-0.2, 0) is 6.54 Å². The van der Waals surface area contributed by atoms with E-state index in [-0.39, 0.29) is 23.7 Å². The first-order chi connectivity index (χ1) is 20.2. The predicted octanol–water partition coefficient (Wildman–Crippen LogP) is 4.26. The lowest BCUT2D eigenvalue weighted by atomic mass is 9.66. The van der Waals surface area contributed by atoms with Crippen LogP contribution in [0.25, 0.3) is 11.3 Å². The lowest BCUT2D eigenvalue weighted by Crippen LogP contribution is -2.64. The number of aryl methyl sites for hydroxylation is 1. The van der Waals surface area contributed by atoms with Gasteiger partial charge in [0.15, 0.2) is 0 Å². The van der Waals surface area contributed by atoms with Gasteiger partial charge in [0.1, 0.15) is 11.6 Å². The van der Waals surface area contributed by atoms with Gasteiger partial charge in [-0.3, -0.25) is 9.36 Å². The molecule has 1 aromatic heterocycles. The second-order valence-corrected chi connectivity index (χ2v) is 12.2. The molecule has 0 radical (unpaired) electrons. The Hall–Kier alpha value is -3.63. The highest BCUT2D eigenvalue weighted by molar-refractivity contribution is 5.75. The van der Waals surface area contributed by atoms with Gasteiger partial charge in [0.05, 0.1) is 30.2 Å². The molecule has 2 N–H and O–H groups in total. The molecule has 1 saturated carbocycles. The van der Waals surface area contributed by atoms with Crippen LogP contribution >= 0.6 is 0 Å². The quantitative estimate of drug-likeness (QED) is 0.484. The average Bonchev–Trinajstić information content (AvgIpc) is 3.46. The number of hydrogen-bond donors (Lipinski definition) is 2. The van der Waals surface area contributed by atoms with E-state index < -0.39 is 28.7 Å². The van der Waals surface area contributed by atoms with E-state index in [1.165, 1.54) is 17.0 Å². The molecule has 3 aliphatic rings. The predicted molar refractivity (Wildman–Crippen MR) is 155 cm³/mol. The number of nitrogens with zero attached hydrogens (tertiary/aromatic N) is 4. The Labute approximate surface area is 244 Å². The van der Waals surface area contributed by atoms with Gasteiger partial charge in [-0.05, 0) is 50.5 Å². The van der Waals surface area contributed by atoms with Crippen LogP contribution in [0, 0.1) is 24.0 Å². The van der Waals surface area contributed by atoms with Crippen molar-refractivity contribution >= 4 is 6.03 Å². The third kappa shape index (κ3) is 5.22.